The number of unbranched alkanes of at least 4 members (excludes halogenated alkanes) is 1. The van der Waals surface area contributed by atoms with E-state index in [9.17, 15) is 18.7 Å². The molecule has 7 nitrogen and oxygen atoms in total. The van der Waals surface area contributed by atoms with Crippen LogP contribution in [0.3, 0.4) is 0 Å². The molecule has 0 radical (unpaired) electrons. The number of pyridine rings is 1. The molecule has 3 aromatic rings. The van der Waals surface area contributed by atoms with Gasteiger partial charge in [0, 0.05) is 18.7 Å². The molecule has 0 aliphatic heterocycles. The van der Waals surface area contributed by atoms with Crippen molar-refractivity contribution < 1.29 is 32.9 Å². The lowest BCUT2D eigenvalue weighted by Gasteiger charge is -2.16. The molecule has 180 valence electrons. The van der Waals surface area contributed by atoms with Crippen molar-refractivity contribution in [2.24, 2.45) is 5.73 Å². The molecule has 3 N–H and O–H groups in total. The maximum atomic E-state index is 14.5. The van der Waals surface area contributed by atoms with Crippen LogP contribution in [-0.2, 0) is 11.3 Å². The lowest BCUT2D eigenvalue weighted by atomic mass is 10.0. The summed E-state index contributed by atoms with van der Waals surface area (Å²) in [6.45, 7) is 2.25. The molecule has 0 aliphatic rings. The third kappa shape index (κ3) is 6.20. The summed E-state index contributed by atoms with van der Waals surface area (Å²) >= 11 is 0. The Hall–Kier alpha value is -3.72. The number of aliphatic carboxylic acids is 1. The van der Waals surface area contributed by atoms with E-state index in [1.165, 1.54) is 13.2 Å². The minimum absolute atomic E-state index is 0.154. The highest BCUT2D eigenvalue weighted by atomic mass is 19.1. The number of ether oxygens (including phenoxy) is 3. The van der Waals surface area contributed by atoms with Crippen LogP contribution in [-0.4, -0.2) is 29.3 Å². The molecule has 9 heteroatoms. The molecule has 0 saturated heterocycles. The van der Waals surface area contributed by atoms with Gasteiger partial charge in [-0.25, -0.2) is 13.6 Å². The van der Waals surface area contributed by atoms with E-state index in [0.29, 0.717) is 30.3 Å². The summed E-state index contributed by atoms with van der Waals surface area (Å²) in [7, 11) is 1.48. The first-order valence-corrected chi connectivity index (χ1v) is 10.8. The molecule has 0 fully saturated rings. The number of carbonyl (C=O) groups is 1. The fraction of sp³-hybridized carbons (Fsp3) is 0.280. The lowest BCUT2D eigenvalue weighted by molar-refractivity contribution is -0.145. The lowest BCUT2D eigenvalue weighted by Crippen LogP contribution is -2.27. The molecule has 1 aromatic heterocycles. The maximum absolute atomic E-state index is 14.5. The van der Waals surface area contributed by atoms with E-state index >= 15 is 0 Å². The standard InChI is InChI=1S/C25H26F2N2O5/c1-3-4-8-22(25(30)31)34-24-21(27)13-20(26)23(29-24)33-19-11-17(10-18(12-19)32-2)16-7-5-6-15(9-16)14-28/h5-7,9-13,22H,3-4,8,14,28H2,1-2H3,(H,30,31). The monoisotopic (exact) mass is 472 g/mol. The van der Waals surface area contributed by atoms with E-state index in [2.05, 4.69) is 4.98 Å². The van der Waals surface area contributed by atoms with Crippen molar-refractivity contribution in [3.05, 3.63) is 65.7 Å². The molecule has 3 rings (SSSR count). The molecule has 1 unspecified atom stereocenters. The quantitative estimate of drug-likeness (QED) is 0.390. The van der Waals surface area contributed by atoms with Crippen molar-refractivity contribution in [2.75, 3.05) is 7.11 Å². The van der Waals surface area contributed by atoms with Crippen molar-refractivity contribution in [3.8, 4) is 34.4 Å². The molecule has 2 aromatic carbocycles. The molecule has 1 atom stereocenters. The van der Waals surface area contributed by atoms with Crippen molar-refractivity contribution in [1.82, 2.24) is 4.98 Å². The van der Waals surface area contributed by atoms with Crippen LogP contribution >= 0.6 is 0 Å². The Morgan fingerprint density at radius 3 is 2.47 bits per heavy atom. The van der Waals surface area contributed by atoms with Gasteiger partial charge in [0.05, 0.1) is 7.11 Å². The number of rotatable bonds is 11. The van der Waals surface area contributed by atoms with Gasteiger partial charge in [-0.1, -0.05) is 31.5 Å². The predicted octanol–water partition coefficient (Wildman–Crippen LogP) is 5.31. The van der Waals surface area contributed by atoms with E-state index < -0.39 is 35.5 Å². The Labute approximate surface area is 196 Å². The van der Waals surface area contributed by atoms with Gasteiger partial charge in [0.25, 0.3) is 11.8 Å². The van der Waals surface area contributed by atoms with Crippen LogP contribution in [0.4, 0.5) is 8.78 Å². The van der Waals surface area contributed by atoms with Gasteiger partial charge in [-0.15, -0.1) is 0 Å². The van der Waals surface area contributed by atoms with Gasteiger partial charge in [-0.3, -0.25) is 0 Å². The Balaban J connectivity index is 1.94. The van der Waals surface area contributed by atoms with E-state index in [0.717, 1.165) is 17.5 Å². The van der Waals surface area contributed by atoms with Gasteiger partial charge in [0.15, 0.2) is 17.7 Å². The summed E-state index contributed by atoms with van der Waals surface area (Å²) < 4.78 is 44.9. The first kappa shape index (κ1) is 24.9. The zero-order chi connectivity index (χ0) is 24.7. The normalized spacial score (nSPS) is 11.7. The Bertz CT molecular complexity index is 1160. The summed E-state index contributed by atoms with van der Waals surface area (Å²) in [4.78, 5) is 15.2. The number of hydrogen-bond acceptors (Lipinski definition) is 6. The van der Waals surface area contributed by atoms with Crippen LogP contribution in [0, 0.1) is 11.6 Å². The largest absolute Gasteiger partial charge is 0.497 e. The van der Waals surface area contributed by atoms with Crippen molar-refractivity contribution in [2.45, 2.75) is 38.8 Å². The predicted molar refractivity (Wildman–Crippen MR) is 122 cm³/mol. The number of aromatic nitrogens is 1. The Kier molecular flexibility index (Phi) is 8.37. The number of carboxylic acids is 1. The summed E-state index contributed by atoms with van der Waals surface area (Å²) in [5.74, 6) is -4.06. The van der Waals surface area contributed by atoms with E-state index in [-0.39, 0.29) is 12.2 Å². The first-order chi connectivity index (χ1) is 16.3. The molecule has 1 heterocycles. The average molecular weight is 472 g/mol. The summed E-state index contributed by atoms with van der Waals surface area (Å²) in [6, 6.07) is 13.0. The number of nitrogens with zero attached hydrogens (tertiary/aromatic N) is 1. The fourth-order valence-corrected chi connectivity index (χ4v) is 3.25. The van der Waals surface area contributed by atoms with Gasteiger partial charge in [0.1, 0.15) is 11.5 Å². The number of carboxylic acid groups (broad SMARTS) is 1. The maximum Gasteiger partial charge on any atom is 0.344 e. The second-order valence-electron chi connectivity index (χ2n) is 7.55. The van der Waals surface area contributed by atoms with E-state index in [1.54, 1.807) is 12.1 Å². The topological polar surface area (TPSA) is 104 Å². The van der Waals surface area contributed by atoms with Crippen molar-refractivity contribution in [1.29, 1.82) is 0 Å². The highest BCUT2D eigenvalue weighted by Crippen LogP contribution is 2.34. The first-order valence-electron chi connectivity index (χ1n) is 10.8. The zero-order valence-electron chi connectivity index (χ0n) is 18.9. The SMILES string of the molecule is CCCCC(Oc1nc(Oc2cc(OC)cc(-c3cccc(CN)c3)c2)c(F)cc1F)C(=O)O. The van der Waals surface area contributed by atoms with Crippen LogP contribution in [0.5, 0.6) is 23.3 Å². The summed E-state index contributed by atoms with van der Waals surface area (Å²) in [6.07, 6.45) is 0.120. The molecular weight excluding hydrogens is 446 g/mol. The molecule has 0 bridgehead atoms. The number of methoxy groups -OCH3 is 1. The van der Waals surface area contributed by atoms with Crippen LogP contribution < -0.4 is 19.9 Å². The minimum atomic E-state index is -1.32. The van der Waals surface area contributed by atoms with Crippen LogP contribution in [0.15, 0.2) is 48.5 Å². The molecule has 0 spiro atoms. The molecule has 0 saturated carbocycles. The average Bonchev–Trinajstić information content (AvgIpc) is 2.83. The number of hydrogen-bond donors (Lipinski definition) is 2. The zero-order valence-corrected chi connectivity index (χ0v) is 18.9. The van der Waals surface area contributed by atoms with Gasteiger partial charge in [-0.05, 0) is 47.7 Å². The second-order valence-corrected chi connectivity index (χ2v) is 7.55. The molecular formula is C25H26F2N2O5. The number of halogens is 2. The fourth-order valence-electron chi connectivity index (χ4n) is 3.25. The summed E-state index contributed by atoms with van der Waals surface area (Å²) in [5.41, 5.74) is 8.21. The van der Waals surface area contributed by atoms with Crippen molar-refractivity contribution in [3.63, 3.8) is 0 Å². The number of nitrogens with two attached hydrogens (primary N) is 1. The Morgan fingerprint density at radius 2 is 1.79 bits per heavy atom. The highest BCUT2D eigenvalue weighted by Gasteiger charge is 2.23. The van der Waals surface area contributed by atoms with Crippen LogP contribution in [0.25, 0.3) is 11.1 Å². The van der Waals surface area contributed by atoms with Gasteiger partial charge >= 0.3 is 5.97 Å². The molecule has 0 aliphatic carbocycles. The van der Waals surface area contributed by atoms with Gasteiger partial charge in [-0.2, -0.15) is 4.98 Å². The third-order valence-corrected chi connectivity index (χ3v) is 5.04. The minimum Gasteiger partial charge on any atom is -0.497 e. The van der Waals surface area contributed by atoms with Gasteiger partial charge in [0.2, 0.25) is 0 Å². The smallest absolute Gasteiger partial charge is 0.344 e. The molecule has 34 heavy (non-hydrogen) atoms. The highest BCUT2D eigenvalue weighted by molar-refractivity contribution is 5.72. The Morgan fingerprint density at radius 1 is 1.06 bits per heavy atom. The van der Waals surface area contributed by atoms with Crippen LogP contribution in [0.2, 0.25) is 0 Å². The third-order valence-electron chi connectivity index (χ3n) is 5.04. The van der Waals surface area contributed by atoms with E-state index in [4.69, 9.17) is 19.9 Å². The van der Waals surface area contributed by atoms with Gasteiger partial charge < -0.3 is 25.1 Å². The second kappa shape index (κ2) is 11.4. The van der Waals surface area contributed by atoms with Crippen molar-refractivity contribution >= 4 is 5.97 Å². The summed E-state index contributed by atoms with van der Waals surface area (Å²) in [5, 5.41) is 9.34. The van der Waals surface area contributed by atoms with Crippen LogP contribution in [0.1, 0.15) is 31.7 Å². The van der Waals surface area contributed by atoms with E-state index in [1.807, 2.05) is 31.2 Å². The number of benzene rings is 2. The molecule has 0 amide bonds.